The van der Waals surface area contributed by atoms with E-state index >= 15 is 0 Å². The normalized spacial score (nSPS) is 11.4. The third-order valence-corrected chi connectivity index (χ3v) is 3.28. The zero-order valence-corrected chi connectivity index (χ0v) is 11.4. The molecule has 17 heavy (non-hydrogen) atoms. The molecule has 0 spiro atoms. The summed E-state index contributed by atoms with van der Waals surface area (Å²) < 4.78 is 41.5. The standard InChI is InChI=1S/C10H11BrF3NOS/c1-16-7-2-3-8(11)9(6-7)15-4-5-17-10(12,13)14/h2-3,6,15H,4-5H2,1H3. The lowest BCUT2D eigenvalue weighted by Gasteiger charge is -2.10. The Morgan fingerprint density at radius 2 is 2.12 bits per heavy atom. The second-order valence-corrected chi connectivity index (χ2v) is 5.08. The second kappa shape index (κ2) is 6.39. The van der Waals surface area contributed by atoms with E-state index < -0.39 is 5.51 Å². The summed E-state index contributed by atoms with van der Waals surface area (Å²) in [5, 5.41) is 2.91. The average Bonchev–Trinajstić information content (AvgIpc) is 2.25. The SMILES string of the molecule is COc1ccc(Br)c(NCCSC(F)(F)F)c1. The first-order valence-electron chi connectivity index (χ1n) is 4.70. The Labute approximate surface area is 110 Å². The molecular formula is C10H11BrF3NOS. The Hall–Kier alpha value is -0.560. The van der Waals surface area contributed by atoms with Crippen molar-refractivity contribution in [2.24, 2.45) is 0 Å². The lowest BCUT2D eigenvalue weighted by Crippen LogP contribution is -2.09. The Morgan fingerprint density at radius 1 is 1.41 bits per heavy atom. The van der Waals surface area contributed by atoms with Crippen LogP contribution < -0.4 is 10.1 Å². The molecule has 0 atom stereocenters. The summed E-state index contributed by atoms with van der Waals surface area (Å²) in [6.45, 7) is 0.232. The van der Waals surface area contributed by atoms with Crippen molar-refractivity contribution < 1.29 is 17.9 Å². The van der Waals surface area contributed by atoms with E-state index in [1.807, 2.05) is 0 Å². The summed E-state index contributed by atoms with van der Waals surface area (Å²) in [6, 6.07) is 5.26. The quantitative estimate of drug-likeness (QED) is 0.821. The topological polar surface area (TPSA) is 21.3 Å². The van der Waals surface area contributed by atoms with Crippen molar-refractivity contribution in [3.05, 3.63) is 22.7 Å². The van der Waals surface area contributed by atoms with Crippen LogP contribution in [-0.4, -0.2) is 24.9 Å². The van der Waals surface area contributed by atoms with Gasteiger partial charge >= 0.3 is 5.51 Å². The van der Waals surface area contributed by atoms with Gasteiger partial charge in [0.1, 0.15) is 5.75 Å². The Balaban J connectivity index is 2.46. The van der Waals surface area contributed by atoms with Gasteiger partial charge in [0.2, 0.25) is 0 Å². The van der Waals surface area contributed by atoms with E-state index in [0.717, 1.165) is 4.47 Å². The molecule has 0 aromatic heterocycles. The summed E-state index contributed by atoms with van der Waals surface area (Å²) in [7, 11) is 1.53. The number of nitrogens with one attached hydrogen (secondary N) is 1. The van der Waals surface area contributed by atoms with Crippen LogP contribution in [0.3, 0.4) is 0 Å². The number of alkyl halides is 3. The van der Waals surface area contributed by atoms with E-state index in [9.17, 15) is 13.2 Å². The molecule has 0 fully saturated rings. The number of thioether (sulfide) groups is 1. The van der Waals surface area contributed by atoms with Gasteiger partial charge in [-0.1, -0.05) is 0 Å². The summed E-state index contributed by atoms with van der Waals surface area (Å²) in [5.74, 6) is 0.617. The fourth-order valence-corrected chi connectivity index (χ4v) is 1.94. The molecule has 1 rings (SSSR count). The Kier molecular flexibility index (Phi) is 5.45. The van der Waals surface area contributed by atoms with Crippen LogP contribution in [0.15, 0.2) is 22.7 Å². The number of hydrogen-bond acceptors (Lipinski definition) is 3. The van der Waals surface area contributed by atoms with Gasteiger partial charge in [0.05, 0.1) is 12.8 Å². The molecule has 7 heteroatoms. The predicted molar refractivity (Wildman–Crippen MR) is 67.7 cm³/mol. The van der Waals surface area contributed by atoms with Crippen LogP contribution in [0.5, 0.6) is 5.75 Å². The molecule has 0 aliphatic carbocycles. The maximum absolute atomic E-state index is 11.9. The van der Waals surface area contributed by atoms with Gasteiger partial charge in [0.15, 0.2) is 0 Å². The molecular weight excluding hydrogens is 319 g/mol. The van der Waals surface area contributed by atoms with E-state index in [1.165, 1.54) is 7.11 Å². The molecule has 0 radical (unpaired) electrons. The molecule has 96 valence electrons. The molecule has 1 N–H and O–H groups in total. The van der Waals surface area contributed by atoms with Crippen LogP contribution in [0.4, 0.5) is 18.9 Å². The zero-order chi connectivity index (χ0) is 12.9. The highest BCUT2D eigenvalue weighted by Crippen LogP contribution is 2.30. The number of rotatable bonds is 5. The van der Waals surface area contributed by atoms with Crippen LogP contribution in [0.2, 0.25) is 0 Å². The van der Waals surface area contributed by atoms with Gasteiger partial charge in [0.25, 0.3) is 0 Å². The third kappa shape index (κ3) is 5.54. The molecule has 0 bridgehead atoms. The molecule has 2 nitrogen and oxygen atoms in total. The fraction of sp³-hybridized carbons (Fsp3) is 0.400. The van der Waals surface area contributed by atoms with Crippen molar-refractivity contribution >= 4 is 33.4 Å². The Bertz CT molecular complexity index is 373. The number of hydrogen-bond donors (Lipinski definition) is 1. The minimum atomic E-state index is -4.17. The van der Waals surface area contributed by atoms with Crippen LogP contribution in [0.25, 0.3) is 0 Å². The first-order chi connectivity index (χ1) is 7.92. The lowest BCUT2D eigenvalue weighted by atomic mass is 10.3. The van der Waals surface area contributed by atoms with Gasteiger partial charge < -0.3 is 10.1 Å². The van der Waals surface area contributed by atoms with Gasteiger partial charge in [-0.3, -0.25) is 0 Å². The Morgan fingerprint density at radius 3 is 2.71 bits per heavy atom. The van der Waals surface area contributed by atoms with Crippen LogP contribution in [-0.2, 0) is 0 Å². The average molecular weight is 330 g/mol. The van der Waals surface area contributed by atoms with E-state index in [2.05, 4.69) is 21.2 Å². The monoisotopic (exact) mass is 329 g/mol. The fourth-order valence-electron chi connectivity index (χ4n) is 1.12. The van der Waals surface area contributed by atoms with Gasteiger partial charge in [-0.15, -0.1) is 0 Å². The van der Waals surface area contributed by atoms with Crippen LogP contribution in [0, 0.1) is 0 Å². The molecule has 0 saturated carbocycles. The maximum Gasteiger partial charge on any atom is 0.441 e. The van der Waals surface area contributed by atoms with Crippen molar-refractivity contribution in [3.8, 4) is 5.75 Å². The summed E-state index contributed by atoms with van der Waals surface area (Å²) in [6.07, 6.45) is 0. The van der Waals surface area contributed by atoms with Crippen molar-refractivity contribution in [3.63, 3.8) is 0 Å². The number of methoxy groups -OCH3 is 1. The summed E-state index contributed by atoms with van der Waals surface area (Å²) in [5.41, 5.74) is -3.46. The van der Waals surface area contributed by atoms with Gasteiger partial charge in [0, 0.05) is 22.8 Å². The minimum Gasteiger partial charge on any atom is -0.497 e. The van der Waals surface area contributed by atoms with Gasteiger partial charge in [-0.05, 0) is 39.8 Å². The molecule has 0 unspecified atom stereocenters. The second-order valence-electron chi connectivity index (χ2n) is 3.07. The van der Waals surface area contributed by atoms with Crippen molar-refractivity contribution in [1.82, 2.24) is 0 Å². The highest BCUT2D eigenvalue weighted by molar-refractivity contribution is 9.10. The van der Waals surface area contributed by atoms with Crippen molar-refractivity contribution in [2.75, 3.05) is 24.7 Å². The largest absolute Gasteiger partial charge is 0.497 e. The molecule has 0 aliphatic heterocycles. The van der Waals surface area contributed by atoms with Gasteiger partial charge in [-0.2, -0.15) is 13.2 Å². The summed E-state index contributed by atoms with van der Waals surface area (Å²) >= 11 is 3.26. The lowest BCUT2D eigenvalue weighted by molar-refractivity contribution is -0.0327. The zero-order valence-electron chi connectivity index (χ0n) is 8.97. The summed E-state index contributed by atoms with van der Waals surface area (Å²) in [4.78, 5) is 0. The molecule has 1 aromatic rings. The molecule has 0 amide bonds. The molecule has 0 saturated heterocycles. The third-order valence-electron chi connectivity index (χ3n) is 1.86. The first-order valence-corrected chi connectivity index (χ1v) is 6.48. The highest BCUT2D eigenvalue weighted by atomic mass is 79.9. The van der Waals surface area contributed by atoms with E-state index in [-0.39, 0.29) is 24.1 Å². The molecule has 1 aromatic carbocycles. The smallest absolute Gasteiger partial charge is 0.441 e. The predicted octanol–water partition coefficient (Wildman–Crippen LogP) is 4.12. The number of benzene rings is 1. The molecule has 0 heterocycles. The first kappa shape index (κ1) is 14.5. The van der Waals surface area contributed by atoms with Crippen LogP contribution >= 0.6 is 27.7 Å². The van der Waals surface area contributed by atoms with E-state index in [1.54, 1.807) is 18.2 Å². The number of anilines is 1. The van der Waals surface area contributed by atoms with Crippen molar-refractivity contribution in [2.45, 2.75) is 5.51 Å². The van der Waals surface area contributed by atoms with E-state index in [4.69, 9.17) is 4.74 Å². The van der Waals surface area contributed by atoms with Crippen molar-refractivity contribution in [1.29, 1.82) is 0 Å². The number of ether oxygens (including phenoxy) is 1. The van der Waals surface area contributed by atoms with Gasteiger partial charge in [-0.25, -0.2) is 0 Å². The minimum absolute atomic E-state index is 0.0346. The highest BCUT2D eigenvalue weighted by Gasteiger charge is 2.27. The van der Waals surface area contributed by atoms with Crippen LogP contribution in [0.1, 0.15) is 0 Å². The molecule has 0 aliphatic rings. The van der Waals surface area contributed by atoms with E-state index in [0.29, 0.717) is 11.4 Å². The maximum atomic E-state index is 11.9. The number of halogens is 4.